The van der Waals surface area contributed by atoms with Crippen molar-refractivity contribution in [2.24, 2.45) is 0 Å². The Bertz CT molecular complexity index is 362. The molecule has 0 saturated heterocycles. The van der Waals surface area contributed by atoms with E-state index in [1.807, 2.05) is 0 Å². The molecule has 0 spiro atoms. The molecule has 0 aliphatic heterocycles. The largest absolute Gasteiger partial charge is 4.00 e. The Labute approximate surface area is 159 Å². The van der Waals surface area contributed by atoms with E-state index in [0.29, 0.717) is 0 Å². The van der Waals surface area contributed by atoms with Crippen molar-refractivity contribution >= 4 is 26.5 Å². The Kier molecular flexibility index (Phi) is 14.6. The third kappa shape index (κ3) is 10.3. The van der Waals surface area contributed by atoms with Gasteiger partial charge in [-0.05, 0) is 0 Å². The number of allylic oxidation sites excluding steroid dienone is 8. The normalized spacial score (nSPS) is 15.7. The van der Waals surface area contributed by atoms with E-state index in [0.717, 1.165) is 12.8 Å². The van der Waals surface area contributed by atoms with Crippen LogP contribution in [-0.2, 0) is 26.2 Å². The van der Waals surface area contributed by atoms with Crippen LogP contribution in [0.15, 0.2) is 33.1 Å². The number of rotatable bonds is 2. The van der Waals surface area contributed by atoms with E-state index in [1.54, 1.807) is 0 Å². The van der Waals surface area contributed by atoms with Gasteiger partial charge in [0.25, 0.3) is 0 Å². The maximum Gasteiger partial charge on any atom is 4.00 e. The van der Waals surface area contributed by atoms with E-state index in [4.69, 9.17) is 0 Å². The molecule has 0 heterocycles. The van der Waals surface area contributed by atoms with Gasteiger partial charge in [-0.1, -0.05) is 0 Å². The zero-order valence-electron chi connectivity index (χ0n) is 15.2. The summed E-state index contributed by atoms with van der Waals surface area (Å²) >= 11 is -2.92. The molecule has 0 aromatic carbocycles. The molecule has 21 heavy (non-hydrogen) atoms. The zero-order valence-corrected chi connectivity index (χ0v) is 21.9. The van der Waals surface area contributed by atoms with Gasteiger partial charge < -0.3 is 14.9 Å². The van der Waals surface area contributed by atoms with Crippen LogP contribution in [0.2, 0.25) is 34.5 Å². The second-order valence-electron chi connectivity index (χ2n) is 6.89. The van der Waals surface area contributed by atoms with Gasteiger partial charge in [0.15, 0.2) is 0 Å². The third-order valence-electron chi connectivity index (χ3n) is 3.01. The van der Waals surface area contributed by atoms with Crippen molar-refractivity contribution in [1.82, 2.24) is 0 Å². The summed E-state index contributed by atoms with van der Waals surface area (Å²) in [5, 5.41) is 0. The Morgan fingerprint density at radius 1 is 0.714 bits per heavy atom. The van der Waals surface area contributed by atoms with Gasteiger partial charge in [-0.15, -0.1) is 0 Å². The van der Waals surface area contributed by atoms with Gasteiger partial charge in [-0.3, -0.25) is 0 Å². The van der Waals surface area contributed by atoms with Crippen molar-refractivity contribution in [2.45, 2.75) is 47.4 Å². The van der Waals surface area contributed by atoms with Crippen LogP contribution in [0.5, 0.6) is 0 Å². The van der Waals surface area contributed by atoms with Crippen LogP contribution in [-0.4, -0.2) is 26.5 Å². The first-order chi connectivity index (χ1) is 8.21. The third-order valence-corrected chi connectivity index (χ3v) is 11.2. The predicted octanol–water partition coefficient (Wildman–Crippen LogP) is 6.00. The van der Waals surface area contributed by atoms with Crippen molar-refractivity contribution in [2.75, 3.05) is 0 Å². The molecule has 0 aromatic rings. The van der Waals surface area contributed by atoms with Gasteiger partial charge >= 0.3 is 145 Å². The molecule has 0 radical (unpaired) electrons. The average molecular weight is 485 g/mol. The second-order valence-corrected chi connectivity index (χ2v) is 28.0. The van der Waals surface area contributed by atoms with Gasteiger partial charge in [0.2, 0.25) is 0 Å². The SMILES string of the molecule is [CH3-].[CH3-].[CH3][Ge]([CH3])([CH3])[C]1=[C-]CC=C1.[CH3][Ge]([CH3])([CH3])[C]1=[C-]CC=C1.[Zr+4]. The summed E-state index contributed by atoms with van der Waals surface area (Å²) in [6, 6.07) is 0. The Morgan fingerprint density at radius 3 is 1.10 bits per heavy atom. The van der Waals surface area contributed by atoms with E-state index in [-0.39, 0.29) is 41.1 Å². The topological polar surface area (TPSA) is 0 Å². The van der Waals surface area contributed by atoms with Crippen LogP contribution < -0.4 is 0 Å². The van der Waals surface area contributed by atoms with Gasteiger partial charge in [-0.25, -0.2) is 0 Å². The Morgan fingerprint density at radius 2 is 1.00 bits per heavy atom. The Balaban J connectivity index is -0.000000270. The zero-order chi connectivity index (χ0) is 13.8. The minimum atomic E-state index is -1.46. The first kappa shape index (κ1) is 26.8. The molecule has 0 atom stereocenters. The van der Waals surface area contributed by atoms with E-state index in [9.17, 15) is 0 Å². The van der Waals surface area contributed by atoms with Gasteiger partial charge in [-0.2, -0.15) is 0 Å². The molecule has 0 unspecified atom stereocenters. The molecular formula is C18H32Ge2Zr. The molecule has 0 saturated carbocycles. The van der Waals surface area contributed by atoms with E-state index >= 15 is 0 Å². The molecule has 2 aliphatic rings. The fourth-order valence-corrected chi connectivity index (χ4v) is 7.09. The minimum Gasteiger partial charge on any atom is 4.00 e. The monoisotopic (exact) mass is 486 g/mol. The summed E-state index contributed by atoms with van der Waals surface area (Å²) in [7, 11) is 0. The number of hydrogen-bond donors (Lipinski definition) is 0. The molecule has 0 nitrogen and oxygen atoms in total. The summed E-state index contributed by atoms with van der Waals surface area (Å²) in [5.41, 5.74) is 0. The summed E-state index contributed by atoms with van der Waals surface area (Å²) in [6.07, 6.45) is 17.8. The first-order valence-corrected chi connectivity index (χ1v) is 21.5. The molecule has 3 heteroatoms. The van der Waals surface area contributed by atoms with Crippen molar-refractivity contribution in [3.05, 3.63) is 60.1 Å². The second kappa shape index (κ2) is 11.5. The smallest absolute Gasteiger partial charge is 4.00 e. The Hall–Kier alpha value is 0.929. The molecule has 116 valence electrons. The summed E-state index contributed by atoms with van der Waals surface area (Å²) in [6.45, 7) is 0. The maximum absolute atomic E-state index is 3.39. The molecule has 0 aromatic heterocycles. The standard InChI is InChI=1S/2C8H13Ge.2CH3.Zr/c2*1-9(2,3)8-6-4-5-7-8;;;/h2*4,6H,5H2,1-3H3;2*1H3;/q4*-1;+4. The van der Waals surface area contributed by atoms with Gasteiger partial charge in [0.05, 0.1) is 0 Å². The number of hydrogen-bond acceptors (Lipinski definition) is 0. The molecule has 0 amide bonds. The fraction of sp³-hybridized carbons (Fsp3) is 0.444. The first-order valence-electron chi connectivity index (χ1n) is 6.77. The van der Waals surface area contributed by atoms with E-state index in [1.165, 1.54) is 8.81 Å². The summed E-state index contributed by atoms with van der Waals surface area (Å²) in [4.78, 5) is 0. The van der Waals surface area contributed by atoms with Gasteiger partial charge in [0, 0.05) is 0 Å². The van der Waals surface area contributed by atoms with Crippen LogP contribution in [0.1, 0.15) is 12.8 Å². The van der Waals surface area contributed by atoms with Crippen LogP contribution in [0.25, 0.3) is 0 Å². The predicted molar refractivity (Wildman–Crippen MR) is 101 cm³/mol. The van der Waals surface area contributed by atoms with Crippen LogP contribution in [0.3, 0.4) is 0 Å². The van der Waals surface area contributed by atoms with E-state index < -0.39 is 26.5 Å². The molecule has 2 aliphatic carbocycles. The van der Waals surface area contributed by atoms with Crippen molar-refractivity contribution < 1.29 is 26.2 Å². The quantitative estimate of drug-likeness (QED) is 0.333. The minimum absolute atomic E-state index is 0. The molecule has 0 N–H and O–H groups in total. The van der Waals surface area contributed by atoms with Crippen molar-refractivity contribution in [1.29, 1.82) is 0 Å². The molecule has 0 fully saturated rings. The van der Waals surface area contributed by atoms with Crippen LogP contribution in [0, 0.1) is 27.0 Å². The van der Waals surface area contributed by atoms with Gasteiger partial charge in [0.1, 0.15) is 0 Å². The van der Waals surface area contributed by atoms with Crippen molar-refractivity contribution in [3.63, 3.8) is 0 Å². The average Bonchev–Trinajstić information content (AvgIpc) is 2.91. The van der Waals surface area contributed by atoms with Crippen molar-refractivity contribution in [3.8, 4) is 0 Å². The molecular weight excluding hydrogens is 453 g/mol. The van der Waals surface area contributed by atoms with Crippen LogP contribution in [0.4, 0.5) is 0 Å². The maximum atomic E-state index is 3.39. The molecule has 0 bridgehead atoms. The summed E-state index contributed by atoms with van der Waals surface area (Å²) < 4.78 is 3.07. The summed E-state index contributed by atoms with van der Waals surface area (Å²) in [5.74, 6) is 14.4. The molecule has 2 rings (SSSR count). The fourth-order valence-electron chi connectivity index (χ4n) is 1.84. The van der Waals surface area contributed by atoms with Crippen LogP contribution >= 0.6 is 0 Å². The van der Waals surface area contributed by atoms with E-state index in [2.05, 4.69) is 71.0 Å².